The van der Waals surface area contributed by atoms with Gasteiger partial charge in [0.2, 0.25) is 0 Å². The Hall–Kier alpha value is -2.20. The van der Waals surface area contributed by atoms with E-state index < -0.39 is 5.91 Å². The van der Waals surface area contributed by atoms with Crippen molar-refractivity contribution >= 4 is 23.2 Å². The second-order valence-electron chi connectivity index (χ2n) is 4.41. The lowest BCUT2D eigenvalue weighted by Crippen LogP contribution is -2.15. The maximum Gasteiger partial charge on any atom is 0.252 e. The van der Waals surface area contributed by atoms with Gasteiger partial charge < -0.3 is 16.2 Å². The van der Waals surface area contributed by atoms with Crippen LogP contribution in [0.25, 0.3) is 0 Å². The van der Waals surface area contributed by atoms with E-state index in [0.29, 0.717) is 5.69 Å². The molecule has 0 heterocycles. The highest BCUT2D eigenvalue weighted by atomic mass is 35.5. The summed E-state index contributed by atoms with van der Waals surface area (Å²) in [6.45, 7) is 1.87. The zero-order valence-electron chi connectivity index (χ0n) is 11.0. The van der Waals surface area contributed by atoms with E-state index in [-0.39, 0.29) is 22.4 Å². The summed E-state index contributed by atoms with van der Waals surface area (Å²) in [6.07, 6.45) is -0.268. The molecule has 104 valence electrons. The molecule has 1 unspecified atom stereocenters. The monoisotopic (exact) mass is 290 g/mol. The summed E-state index contributed by atoms with van der Waals surface area (Å²) in [5, 5.41) is 0.265. The number of primary amides is 1. The molecule has 1 atom stereocenters. The lowest BCUT2D eigenvalue weighted by atomic mass is 10.1. The van der Waals surface area contributed by atoms with Gasteiger partial charge in [-0.05, 0) is 24.6 Å². The molecule has 0 saturated heterocycles. The maximum absolute atomic E-state index is 11.5. The maximum atomic E-state index is 11.5. The molecule has 0 spiro atoms. The van der Waals surface area contributed by atoms with Crippen molar-refractivity contribution in [3.05, 3.63) is 58.6 Å². The van der Waals surface area contributed by atoms with Crippen molar-refractivity contribution in [2.45, 2.75) is 13.0 Å². The average molecular weight is 291 g/mol. The molecule has 1 amide bonds. The van der Waals surface area contributed by atoms with E-state index in [0.717, 1.165) is 5.56 Å². The molecule has 4 N–H and O–H groups in total. The largest absolute Gasteiger partial charge is 0.484 e. The smallest absolute Gasteiger partial charge is 0.252 e. The van der Waals surface area contributed by atoms with E-state index in [4.69, 9.17) is 27.8 Å². The highest BCUT2D eigenvalue weighted by Gasteiger charge is 2.18. The first-order valence-corrected chi connectivity index (χ1v) is 6.47. The molecular formula is C15H15ClN2O2. The van der Waals surface area contributed by atoms with Gasteiger partial charge in [-0.15, -0.1) is 0 Å². The Kier molecular flexibility index (Phi) is 4.15. The van der Waals surface area contributed by atoms with Crippen LogP contribution in [0.4, 0.5) is 5.69 Å². The molecule has 0 aromatic heterocycles. The first-order valence-electron chi connectivity index (χ1n) is 6.09. The molecule has 0 aliphatic heterocycles. The van der Waals surface area contributed by atoms with Crippen molar-refractivity contribution in [1.29, 1.82) is 0 Å². The molecule has 0 aliphatic carbocycles. The van der Waals surface area contributed by atoms with Crippen LogP contribution in [0.5, 0.6) is 5.75 Å². The lowest BCUT2D eigenvalue weighted by molar-refractivity contribution is 0.0994. The van der Waals surface area contributed by atoms with Gasteiger partial charge in [0.25, 0.3) is 5.91 Å². The van der Waals surface area contributed by atoms with Gasteiger partial charge in [-0.1, -0.05) is 41.9 Å². The number of rotatable bonds is 4. The molecule has 0 radical (unpaired) electrons. The van der Waals surface area contributed by atoms with Crippen LogP contribution in [-0.4, -0.2) is 5.91 Å². The number of carbonyl (C=O) groups excluding carboxylic acids is 1. The second-order valence-corrected chi connectivity index (χ2v) is 4.82. The molecule has 0 fully saturated rings. The van der Waals surface area contributed by atoms with Crippen LogP contribution in [0.2, 0.25) is 5.02 Å². The molecule has 0 saturated carbocycles. The molecule has 5 heteroatoms. The molecule has 20 heavy (non-hydrogen) atoms. The van der Waals surface area contributed by atoms with Gasteiger partial charge in [0.05, 0.1) is 10.6 Å². The highest BCUT2D eigenvalue weighted by molar-refractivity contribution is 6.33. The van der Waals surface area contributed by atoms with Crippen molar-refractivity contribution in [3.63, 3.8) is 0 Å². The van der Waals surface area contributed by atoms with E-state index in [1.807, 2.05) is 37.3 Å². The van der Waals surface area contributed by atoms with E-state index in [9.17, 15) is 4.79 Å². The molecular weight excluding hydrogens is 276 g/mol. The third kappa shape index (κ3) is 3.03. The van der Waals surface area contributed by atoms with Crippen LogP contribution in [0, 0.1) is 0 Å². The number of ether oxygens (including phenoxy) is 1. The van der Waals surface area contributed by atoms with Gasteiger partial charge in [0, 0.05) is 5.69 Å². The molecule has 4 nitrogen and oxygen atoms in total. The summed E-state index contributed by atoms with van der Waals surface area (Å²) in [7, 11) is 0. The number of benzene rings is 2. The Balaban J connectivity index is 2.36. The Labute approximate surface area is 122 Å². The van der Waals surface area contributed by atoms with Crippen LogP contribution in [0.15, 0.2) is 42.5 Å². The fourth-order valence-corrected chi connectivity index (χ4v) is 2.16. The number of amides is 1. The fraction of sp³-hybridized carbons (Fsp3) is 0.133. The normalized spacial score (nSPS) is 11.9. The summed E-state index contributed by atoms with van der Waals surface area (Å²) in [5.41, 5.74) is 12.5. The zero-order valence-corrected chi connectivity index (χ0v) is 11.7. The summed E-state index contributed by atoms with van der Waals surface area (Å²) < 4.78 is 5.79. The Morgan fingerprint density at radius 1 is 1.25 bits per heavy atom. The number of anilines is 1. The minimum Gasteiger partial charge on any atom is -0.484 e. The number of hydrogen-bond donors (Lipinski definition) is 2. The Morgan fingerprint density at radius 3 is 2.50 bits per heavy atom. The topological polar surface area (TPSA) is 78.3 Å². The van der Waals surface area contributed by atoms with Crippen molar-refractivity contribution in [2.24, 2.45) is 5.73 Å². The summed E-state index contributed by atoms with van der Waals surface area (Å²) in [6, 6.07) is 12.6. The Bertz CT molecular complexity index is 629. The minimum atomic E-state index is -0.630. The van der Waals surface area contributed by atoms with Crippen LogP contribution in [-0.2, 0) is 0 Å². The van der Waals surface area contributed by atoms with Gasteiger partial charge in [0.15, 0.2) is 5.75 Å². The summed E-state index contributed by atoms with van der Waals surface area (Å²) in [5.74, 6) is -0.376. The number of nitrogen functional groups attached to an aromatic ring is 1. The third-order valence-corrected chi connectivity index (χ3v) is 3.18. The van der Waals surface area contributed by atoms with E-state index in [1.165, 1.54) is 12.1 Å². The van der Waals surface area contributed by atoms with Crippen molar-refractivity contribution < 1.29 is 9.53 Å². The van der Waals surface area contributed by atoms with Crippen molar-refractivity contribution in [1.82, 2.24) is 0 Å². The second kappa shape index (κ2) is 5.84. The van der Waals surface area contributed by atoms with E-state index in [1.54, 1.807) is 0 Å². The fourth-order valence-electron chi connectivity index (χ4n) is 1.89. The lowest BCUT2D eigenvalue weighted by Gasteiger charge is -2.18. The number of carbonyl (C=O) groups is 1. The van der Waals surface area contributed by atoms with Gasteiger partial charge in [-0.25, -0.2) is 0 Å². The summed E-state index contributed by atoms with van der Waals surface area (Å²) in [4.78, 5) is 11.5. The first kappa shape index (κ1) is 14.2. The SMILES string of the molecule is CC(Oc1c(Cl)cc(N)cc1C(N)=O)c1ccccc1. The molecule has 0 aliphatic rings. The predicted molar refractivity (Wildman–Crippen MR) is 79.9 cm³/mol. The van der Waals surface area contributed by atoms with E-state index >= 15 is 0 Å². The van der Waals surface area contributed by atoms with Gasteiger partial charge in [-0.3, -0.25) is 4.79 Å². The van der Waals surface area contributed by atoms with Crippen molar-refractivity contribution in [3.8, 4) is 5.75 Å². The van der Waals surface area contributed by atoms with E-state index in [2.05, 4.69) is 0 Å². The average Bonchev–Trinajstić information content (AvgIpc) is 2.42. The standard InChI is InChI=1S/C15H15ClN2O2/c1-9(10-5-3-2-4-6-10)20-14-12(15(18)19)7-11(17)8-13(14)16/h2-9H,17H2,1H3,(H2,18,19). The zero-order chi connectivity index (χ0) is 14.7. The first-order chi connectivity index (χ1) is 9.49. The van der Waals surface area contributed by atoms with Gasteiger partial charge in [-0.2, -0.15) is 0 Å². The van der Waals surface area contributed by atoms with Gasteiger partial charge in [0.1, 0.15) is 6.10 Å². The number of nitrogens with two attached hydrogens (primary N) is 2. The van der Waals surface area contributed by atoms with Crippen molar-refractivity contribution in [2.75, 3.05) is 5.73 Å². The van der Waals surface area contributed by atoms with Crippen LogP contribution < -0.4 is 16.2 Å². The van der Waals surface area contributed by atoms with Crippen LogP contribution in [0.3, 0.4) is 0 Å². The van der Waals surface area contributed by atoms with Crippen LogP contribution in [0.1, 0.15) is 28.9 Å². The quantitative estimate of drug-likeness (QED) is 0.849. The number of hydrogen-bond acceptors (Lipinski definition) is 3. The number of halogens is 1. The minimum absolute atomic E-state index is 0.179. The predicted octanol–water partition coefficient (Wildman–Crippen LogP) is 3.16. The Morgan fingerprint density at radius 2 is 1.90 bits per heavy atom. The summed E-state index contributed by atoms with van der Waals surface area (Å²) >= 11 is 6.10. The molecule has 2 rings (SSSR count). The molecule has 0 bridgehead atoms. The van der Waals surface area contributed by atoms with Gasteiger partial charge >= 0.3 is 0 Å². The molecule has 2 aromatic rings. The van der Waals surface area contributed by atoms with Crippen LogP contribution >= 0.6 is 11.6 Å². The molecule has 2 aromatic carbocycles. The third-order valence-electron chi connectivity index (χ3n) is 2.90. The highest BCUT2D eigenvalue weighted by Crippen LogP contribution is 2.34.